The third kappa shape index (κ3) is 4.39. The number of para-hydroxylation sites is 2. The number of carbonyl (C=O) groups excluding carboxylic acids is 1. The van der Waals surface area contributed by atoms with Gasteiger partial charge in [-0.2, -0.15) is 0 Å². The van der Waals surface area contributed by atoms with Crippen molar-refractivity contribution >= 4 is 16.9 Å². The third-order valence-corrected chi connectivity index (χ3v) is 4.45. The van der Waals surface area contributed by atoms with Gasteiger partial charge in [0.1, 0.15) is 12.2 Å². The Morgan fingerprint density at radius 2 is 1.82 bits per heavy atom. The highest BCUT2D eigenvalue weighted by Crippen LogP contribution is 2.23. The second-order valence-corrected chi connectivity index (χ2v) is 7.60. The fourth-order valence-electron chi connectivity index (χ4n) is 2.69. The van der Waals surface area contributed by atoms with E-state index < -0.39 is 17.8 Å². The van der Waals surface area contributed by atoms with E-state index in [2.05, 4.69) is 5.32 Å². The van der Waals surface area contributed by atoms with Crippen molar-refractivity contribution in [3.63, 3.8) is 0 Å². The van der Waals surface area contributed by atoms with Crippen LogP contribution in [0.15, 0.2) is 63.8 Å². The molecule has 0 spiro atoms. The molecule has 3 rings (SSSR count). The van der Waals surface area contributed by atoms with Crippen molar-refractivity contribution in [2.45, 2.75) is 26.8 Å². The van der Waals surface area contributed by atoms with Crippen LogP contribution < -0.4 is 15.5 Å². The van der Waals surface area contributed by atoms with E-state index in [9.17, 15) is 14.0 Å². The number of nitrogens with one attached hydrogen (secondary N) is 1. The van der Waals surface area contributed by atoms with Gasteiger partial charge in [-0.05, 0) is 29.7 Å². The number of hydrogen-bond donors (Lipinski definition) is 1. The lowest BCUT2D eigenvalue weighted by atomic mass is 9.87. The molecular weight excluding hydrogens is 361 g/mol. The maximum atomic E-state index is 13.8. The number of amides is 1. The number of hydrogen-bond acceptors (Lipinski definition) is 4. The van der Waals surface area contributed by atoms with Crippen molar-refractivity contribution in [3.8, 4) is 5.75 Å². The first kappa shape index (κ1) is 19.6. The molecule has 1 aromatic heterocycles. The first-order valence-corrected chi connectivity index (χ1v) is 8.97. The Hall–Kier alpha value is -3.15. The molecule has 1 heterocycles. The second-order valence-electron chi connectivity index (χ2n) is 7.60. The lowest BCUT2D eigenvalue weighted by Gasteiger charge is -2.31. The molecule has 5 nitrogen and oxygen atoms in total. The number of rotatable bonds is 5. The van der Waals surface area contributed by atoms with Crippen LogP contribution in [0.2, 0.25) is 0 Å². The summed E-state index contributed by atoms with van der Waals surface area (Å²) in [7, 11) is 0. The predicted octanol–water partition coefficient (Wildman–Crippen LogP) is 4.16. The standard InChI is InChI=1S/C22H22FNO4/c1-22(2,3)20(13-27-18-11-7-5-9-15(18)23)24-21(26)19-12-16(25)14-8-4-6-10-17(14)28-19/h4-12,20H,13H2,1-3H3,(H,24,26). The highest BCUT2D eigenvalue weighted by atomic mass is 19.1. The Balaban J connectivity index is 1.80. The van der Waals surface area contributed by atoms with Crippen molar-refractivity contribution < 1.29 is 18.3 Å². The number of benzene rings is 2. The summed E-state index contributed by atoms with van der Waals surface area (Å²) in [4.78, 5) is 24.9. The van der Waals surface area contributed by atoms with Gasteiger partial charge in [0.15, 0.2) is 22.8 Å². The summed E-state index contributed by atoms with van der Waals surface area (Å²) >= 11 is 0. The molecular formula is C22H22FNO4. The molecule has 0 aliphatic heterocycles. The van der Waals surface area contributed by atoms with Crippen molar-refractivity contribution in [1.82, 2.24) is 5.32 Å². The van der Waals surface area contributed by atoms with Crippen LogP contribution >= 0.6 is 0 Å². The molecule has 1 amide bonds. The van der Waals surface area contributed by atoms with Gasteiger partial charge in [0.05, 0.1) is 11.4 Å². The van der Waals surface area contributed by atoms with Gasteiger partial charge in [-0.1, -0.05) is 45.0 Å². The number of carbonyl (C=O) groups is 1. The Kier molecular flexibility index (Phi) is 5.49. The van der Waals surface area contributed by atoms with Crippen molar-refractivity contribution in [2.75, 3.05) is 6.61 Å². The molecule has 0 saturated carbocycles. The number of fused-ring (bicyclic) bond motifs is 1. The quantitative estimate of drug-likeness (QED) is 0.718. The highest BCUT2D eigenvalue weighted by molar-refractivity contribution is 5.93. The molecule has 1 unspecified atom stereocenters. The molecule has 0 aliphatic rings. The predicted molar refractivity (Wildman–Crippen MR) is 105 cm³/mol. The highest BCUT2D eigenvalue weighted by Gasteiger charge is 2.28. The van der Waals surface area contributed by atoms with E-state index >= 15 is 0 Å². The van der Waals surface area contributed by atoms with Crippen LogP contribution in [-0.2, 0) is 0 Å². The summed E-state index contributed by atoms with van der Waals surface area (Å²) in [6.45, 7) is 5.85. The molecule has 0 bridgehead atoms. The van der Waals surface area contributed by atoms with Crippen LogP contribution in [0.3, 0.4) is 0 Å². The molecule has 1 atom stereocenters. The van der Waals surface area contributed by atoms with E-state index in [4.69, 9.17) is 9.15 Å². The molecule has 146 valence electrons. The van der Waals surface area contributed by atoms with E-state index in [1.165, 1.54) is 18.2 Å². The summed E-state index contributed by atoms with van der Waals surface area (Å²) < 4.78 is 25.0. The average Bonchev–Trinajstić information content (AvgIpc) is 2.65. The van der Waals surface area contributed by atoms with Crippen molar-refractivity contribution in [3.05, 3.63) is 76.4 Å². The molecule has 6 heteroatoms. The minimum absolute atomic E-state index is 0.0635. The molecule has 0 fully saturated rings. The van der Waals surface area contributed by atoms with E-state index in [0.29, 0.717) is 11.0 Å². The summed E-state index contributed by atoms with van der Waals surface area (Å²) in [6.07, 6.45) is 0. The van der Waals surface area contributed by atoms with Crippen LogP contribution in [0.5, 0.6) is 5.75 Å². The Morgan fingerprint density at radius 3 is 2.54 bits per heavy atom. The van der Waals surface area contributed by atoms with Gasteiger partial charge in [0.25, 0.3) is 5.91 Å². The second kappa shape index (κ2) is 7.84. The lowest BCUT2D eigenvalue weighted by Crippen LogP contribution is -2.47. The van der Waals surface area contributed by atoms with Crippen LogP contribution in [0, 0.1) is 11.2 Å². The zero-order valence-electron chi connectivity index (χ0n) is 16.0. The minimum atomic E-state index is -0.528. The molecule has 28 heavy (non-hydrogen) atoms. The van der Waals surface area contributed by atoms with Gasteiger partial charge in [-0.3, -0.25) is 9.59 Å². The monoisotopic (exact) mass is 383 g/mol. The number of ether oxygens (including phenoxy) is 1. The fraction of sp³-hybridized carbons (Fsp3) is 0.273. The zero-order chi connectivity index (χ0) is 20.3. The summed E-state index contributed by atoms with van der Waals surface area (Å²) in [5, 5.41) is 3.25. The van der Waals surface area contributed by atoms with Crippen LogP contribution in [0.1, 0.15) is 31.3 Å². The van der Waals surface area contributed by atoms with Crippen molar-refractivity contribution in [1.29, 1.82) is 0 Å². The van der Waals surface area contributed by atoms with Gasteiger partial charge in [0, 0.05) is 6.07 Å². The van der Waals surface area contributed by atoms with Gasteiger partial charge in [-0.25, -0.2) is 4.39 Å². The first-order valence-electron chi connectivity index (χ1n) is 8.97. The first-order chi connectivity index (χ1) is 13.3. The molecule has 0 aliphatic carbocycles. The lowest BCUT2D eigenvalue weighted by molar-refractivity contribution is 0.0833. The molecule has 1 N–H and O–H groups in total. The third-order valence-electron chi connectivity index (χ3n) is 4.45. The SMILES string of the molecule is CC(C)(C)C(COc1ccccc1F)NC(=O)c1cc(=O)c2ccccc2o1. The van der Waals surface area contributed by atoms with Gasteiger partial charge in [-0.15, -0.1) is 0 Å². The summed E-state index contributed by atoms with van der Waals surface area (Å²) in [5.41, 5.74) is -0.324. The van der Waals surface area contributed by atoms with Crippen LogP contribution in [-0.4, -0.2) is 18.6 Å². The minimum Gasteiger partial charge on any atom is -0.488 e. The Bertz CT molecular complexity index is 1050. The van der Waals surface area contributed by atoms with E-state index in [1.54, 1.807) is 36.4 Å². The van der Waals surface area contributed by atoms with Gasteiger partial charge < -0.3 is 14.5 Å². The Labute approximate surface area is 162 Å². The fourth-order valence-corrected chi connectivity index (χ4v) is 2.69. The smallest absolute Gasteiger partial charge is 0.287 e. The normalized spacial score (nSPS) is 12.6. The van der Waals surface area contributed by atoms with Gasteiger partial charge >= 0.3 is 0 Å². The van der Waals surface area contributed by atoms with Gasteiger partial charge in [0.2, 0.25) is 0 Å². The van der Waals surface area contributed by atoms with E-state index in [0.717, 1.165) is 0 Å². The maximum absolute atomic E-state index is 13.8. The summed E-state index contributed by atoms with van der Waals surface area (Å²) in [5.74, 6) is -0.964. The van der Waals surface area contributed by atoms with E-state index in [-0.39, 0.29) is 29.0 Å². The average molecular weight is 383 g/mol. The largest absolute Gasteiger partial charge is 0.488 e. The molecule has 3 aromatic rings. The van der Waals surface area contributed by atoms with Crippen LogP contribution in [0.4, 0.5) is 4.39 Å². The number of halogens is 1. The summed E-state index contributed by atoms with van der Waals surface area (Å²) in [6, 6.07) is 13.6. The van der Waals surface area contributed by atoms with E-state index in [1.807, 2.05) is 20.8 Å². The van der Waals surface area contributed by atoms with Crippen molar-refractivity contribution in [2.24, 2.45) is 5.41 Å². The Morgan fingerprint density at radius 1 is 1.14 bits per heavy atom. The topological polar surface area (TPSA) is 68.5 Å². The zero-order valence-corrected chi connectivity index (χ0v) is 16.0. The molecule has 2 aromatic carbocycles. The van der Waals surface area contributed by atoms with Crippen LogP contribution in [0.25, 0.3) is 11.0 Å². The maximum Gasteiger partial charge on any atom is 0.287 e. The molecule has 0 saturated heterocycles. The molecule has 0 radical (unpaired) electrons.